The molecule has 3 rings (SSSR count). The summed E-state index contributed by atoms with van der Waals surface area (Å²) in [6.07, 6.45) is -2.95. The molecule has 4 nitrogen and oxygen atoms in total. The van der Waals surface area contributed by atoms with E-state index >= 15 is 0 Å². The van der Waals surface area contributed by atoms with Crippen LogP contribution in [0.5, 0.6) is 5.75 Å². The number of para-hydroxylation sites is 2. The smallest absolute Gasteiger partial charge is 0.422 e. The number of H-pyrrole nitrogens is 1. The zero-order valence-corrected chi connectivity index (χ0v) is 12.8. The Balaban J connectivity index is 1.82. The number of aromatic amines is 1. The topological polar surface area (TPSA) is 50.8 Å². The van der Waals surface area contributed by atoms with Crippen molar-refractivity contribution in [3.8, 4) is 5.75 Å². The van der Waals surface area contributed by atoms with Crippen LogP contribution in [0, 0.1) is 6.92 Å². The fourth-order valence-electron chi connectivity index (χ4n) is 1.99. The summed E-state index contributed by atoms with van der Waals surface area (Å²) in [6.45, 7) is 0.344. The van der Waals surface area contributed by atoms with Crippen molar-refractivity contribution in [1.29, 1.82) is 0 Å². The number of hydrogen-bond donors (Lipinski definition) is 1. The quantitative estimate of drug-likeness (QED) is 0.767. The summed E-state index contributed by atoms with van der Waals surface area (Å²) in [5.41, 5.74) is 2.25. The molecule has 0 saturated heterocycles. The number of ether oxygens (including phenoxy) is 1. The number of fused-ring (bicyclic) bond motifs is 1. The SMILES string of the molecule is Cc1c(OCC(F)(F)F)ccnc1Sc1nc2ccccc2[nH]1. The molecule has 0 unspecified atom stereocenters. The molecule has 2 aromatic heterocycles. The molecule has 0 saturated carbocycles. The van der Waals surface area contributed by atoms with Gasteiger partial charge in [-0.15, -0.1) is 0 Å². The molecule has 1 N–H and O–H groups in total. The lowest BCUT2D eigenvalue weighted by molar-refractivity contribution is -0.153. The van der Waals surface area contributed by atoms with Crippen molar-refractivity contribution < 1.29 is 17.9 Å². The predicted octanol–water partition coefficient (Wildman–Crippen LogP) is 4.36. The average Bonchev–Trinajstić information content (AvgIpc) is 2.89. The van der Waals surface area contributed by atoms with Gasteiger partial charge in [0.1, 0.15) is 10.8 Å². The number of alkyl halides is 3. The van der Waals surface area contributed by atoms with Crippen LogP contribution in [-0.4, -0.2) is 27.7 Å². The van der Waals surface area contributed by atoms with Crippen LogP contribution in [0.15, 0.2) is 46.7 Å². The van der Waals surface area contributed by atoms with Crippen LogP contribution in [0.3, 0.4) is 0 Å². The van der Waals surface area contributed by atoms with Crippen molar-refractivity contribution in [3.05, 3.63) is 42.1 Å². The maximum Gasteiger partial charge on any atom is 0.422 e. The molecule has 120 valence electrons. The maximum atomic E-state index is 12.3. The number of pyridine rings is 1. The zero-order valence-electron chi connectivity index (χ0n) is 12.0. The van der Waals surface area contributed by atoms with Gasteiger partial charge in [-0.25, -0.2) is 9.97 Å². The predicted molar refractivity (Wildman–Crippen MR) is 80.7 cm³/mol. The summed E-state index contributed by atoms with van der Waals surface area (Å²) in [5, 5.41) is 1.17. The minimum atomic E-state index is -4.37. The number of hydrogen-bond acceptors (Lipinski definition) is 4. The minimum absolute atomic E-state index is 0.163. The van der Waals surface area contributed by atoms with Crippen molar-refractivity contribution in [2.24, 2.45) is 0 Å². The van der Waals surface area contributed by atoms with Crippen molar-refractivity contribution in [2.75, 3.05) is 6.61 Å². The Bertz CT molecular complexity index is 799. The van der Waals surface area contributed by atoms with E-state index in [1.165, 1.54) is 24.0 Å². The Morgan fingerprint density at radius 3 is 2.74 bits per heavy atom. The third kappa shape index (κ3) is 3.76. The van der Waals surface area contributed by atoms with E-state index in [1.807, 2.05) is 24.3 Å². The molecule has 0 aliphatic rings. The summed E-state index contributed by atoms with van der Waals surface area (Å²) >= 11 is 1.25. The highest BCUT2D eigenvalue weighted by Crippen LogP contribution is 2.32. The molecule has 0 fully saturated rings. The van der Waals surface area contributed by atoms with Crippen molar-refractivity contribution in [3.63, 3.8) is 0 Å². The maximum absolute atomic E-state index is 12.3. The van der Waals surface area contributed by atoms with E-state index in [0.29, 0.717) is 15.7 Å². The van der Waals surface area contributed by atoms with E-state index in [9.17, 15) is 13.2 Å². The van der Waals surface area contributed by atoms with Gasteiger partial charge in [-0.2, -0.15) is 13.2 Å². The van der Waals surface area contributed by atoms with E-state index in [4.69, 9.17) is 4.74 Å². The van der Waals surface area contributed by atoms with Crippen LogP contribution in [-0.2, 0) is 0 Å². The second-order valence-electron chi connectivity index (χ2n) is 4.80. The lowest BCUT2D eigenvalue weighted by Crippen LogP contribution is -2.19. The molecule has 0 spiro atoms. The molecule has 0 bridgehead atoms. The van der Waals surface area contributed by atoms with Crippen LogP contribution in [0.25, 0.3) is 11.0 Å². The van der Waals surface area contributed by atoms with Gasteiger partial charge in [0.05, 0.1) is 11.0 Å². The Morgan fingerprint density at radius 1 is 1.22 bits per heavy atom. The fraction of sp³-hybridized carbons (Fsp3) is 0.200. The summed E-state index contributed by atoms with van der Waals surface area (Å²) < 4.78 is 41.7. The highest BCUT2D eigenvalue weighted by molar-refractivity contribution is 7.99. The molecule has 23 heavy (non-hydrogen) atoms. The molecule has 0 amide bonds. The summed E-state index contributed by atoms with van der Waals surface area (Å²) in [7, 11) is 0. The Hall–Kier alpha value is -2.22. The van der Waals surface area contributed by atoms with Gasteiger partial charge >= 0.3 is 6.18 Å². The summed E-state index contributed by atoms with van der Waals surface area (Å²) in [4.78, 5) is 11.7. The standard InChI is InChI=1S/C15H12F3N3OS/c1-9-12(22-8-15(16,17)18)6-7-19-13(9)23-14-20-10-4-2-3-5-11(10)21-14/h2-7H,8H2,1H3,(H,20,21). The number of nitrogens with one attached hydrogen (secondary N) is 1. The van der Waals surface area contributed by atoms with Gasteiger partial charge in [0.15, 0.2) is 11.8 Å². The Kier molecular flexibility index (Phi) is 4.16. The second kappa shape index (κ2) is 6.11. The van der Waals surface area contributed by atoms with Crippen LogP contribution in [0.2, 0.25) is 0 Å². The number of imidazole rings is 1. The number of benzene rings is 1. The highest BCUT2D eigenvalue weighted by Gasteiger charge is 2.28. The van der Waals surface area contributed by atoms with Gasteiger partial charge in [0.25, 0.3) is 0 Å². The third-order valence-electron chi connectivity index (χ3n) is 3.06. The van der Waals surface area contributed by atoms with Gasteiger partial charge < -0.3 is 9.72 Å². The first-order chi connectivity index (χ1) is 10.9. The molecular formula is C15H12F3N3OS. The van der Waals surface area contributed by atoms with Gasteiger partial charge in [-0.05, 0) is 36.9 Å². The lowest BCUT2D eigenvalue weighted by atomic mass is 10.3. The molecule has 1 aromatic carbocycles. The Morgan fingerprint density at radius 2 is 2.00 bits per heavy atom. The largest absolute Gasteiger partial charge is 0.484 e. The van der Waals surface area contributed by atoms with E-state index in [0.717, 1.165) is 11.0 Å². The molecule has 0 aliphatic heterocycles. The van der Waals surface area contributed by atoms with Crippen LogP contribution in [0.4, 0.5) is 13.2 Å². The van der Waals surface area contributed by atoms with Crippen molar-refractivity contribution in [2.45, 2.75) is 23.3 Å². The molecule has 2 heterocycles. The van der Waals surface area contributed by atoms with E-state index in [1.54, 1.807) is 6.92 Å². The molecule has 0 atom stereocenters. The van der Waals surface area contributed by atoms with E-state index < -0.39 is 12.8 Å². The van der Waals surface area contributed by atoms with Crippen LogP contribution in [0.1, 0.15) is 5.56 Å². The molecule has 8 heteroatoms. The average molecular weight is 339 g/mol. The number of halogens is 3. The zero-order chi connectivity index (χ0) is 16.4. The lowest BCUT2D eigenvalue weighted by Gasteiger charge is -2.12. The first kappa shape index (κ1) is 15.7. The first-order valence-corrected chi connectivity index (χ1v) is 7.52. The monoisotopic (exact) mass is 339 g/mol. The molecule has 0 aliphatic carbocycles. The van der Waals surface area contributed by atoms with Gasteiger partial charge in [-0.3, -0.25) is 0 Å². The summed E-state index contributed by atoms with van der Waals surface area (Å²) in [5.74, 6) is 0.163. The van der Waals surface area contributed by atoms with Gasteiger partial charge in [0, 0.05) is 11.8 Å². The van der Waals surface area contributed by atoms with Gasteiger partial charge in [0.2, 0.25) is 0 Å². The number of rotatable bonds is 4. The first-order valence-electron chi connectivity index (χ1n) is 6.70. The minimum Gasteiger partial charge on any atom is -0.484 e. The number of aromatic nitrogens is 3. The van der Waals surface area contributed by atoms with Gasteiger partial charge in [-0.1, -0.05) is 12.1 Å². The third-order valence-corrected chi connectivity index (χ3v) is 4.05. The van der Waals surface area contributed by atoms with Crippen molar-refractivity contribution in [1.82, 2.24) is 15.0 Å². The van der Waals surface area contributed by atoms with E-state index in [-0.39, 0.29) is 5.75 Å². The second-order valence-corrected chi connectivity index (χ2v) is 5.78. The highest BCUT2D eigenvalue weighted by atomic mass is 32.2. The molecular weight excluding hydrogens is 327 g/mol. The molecule has 0 radical (unpaired) electrons. The van der Waals surface area contributed by atoms with Crippen LogP contribution < -0.4 is 4.74 Å². The summed E-state index contributed by atoms with van der Waals surface area (Å²) in [6, 6.07) is 8.97. The number of nitrogens with zero attached hydrogens (tertiary/aromatic N) is 2. The molecule has 3 aromatic rings. The van der Waals surface area contributed by atoms with Crippen molar-refractivity contribution >= 4 is 22.8 Å². The van der Waals surface area contributed by atoms with E-state index in [2.05, 4.69) is 15.0 Å². The van der Waals surface area contributed by atoms with Crippen LogP contribution >= 0.6 is 11.8 Å². The normalized spacial score (nSPS) is 11.8. The fourth-order valence-corrected chi connectivity index (χ4v) is 2.84. The Labute approximate surface area is 134 Å².